The second-order valence-corrected chi connectivity index (χ2v) is 6.09. The maximum atomic E-state index is 12.0. The minimum Gasteiger partial charge on any atom is -0.462 e. The Morgan fingerprint density at radius 1 is 1.11 bits per heavy atom. The number of hydrazone groups is 1. The minimum atomic E-state index is -0.414. The van der Waals surface area contributed by atoms with Gasteiger partial charge in [0.2, 0.25) is 0 Å². The summed E-state index contributed by atoms with van der Waals surface area (Å²) in [6.07, 6.45) is 1.39. The van der Waals surface area contributed by atoms with Crippen LogP contribution in [0.2, 0.25) is 5.02 Å². The first-order chi connectivity index (χ1) is 13.6. The van der Waals surface area contributed by atoms with Gasteiger partial charge in [-0.25, -0.2) is 10.2 Å². The molecule has 0 spiro atoms. The summed E-state index contributed by atoms with van der Waals surface area (Å²) in [4.78, 5) is 23.7. The number of nitrogens with zero attached hydrogens (tertiary/aromatic N) is 1. The highest BCUT2D eigenvalue weighted by Gasteiger charge is 2.09. The van der Waals surface area contributed by atoms with E-state index in [1.165, 1.54) is 6.21 Å². The summed E-state index contributed by atoms with van der Waals surface area (Å²) in [7, 11) is 0. The molecule has 0 aliphatic heterocycles. The largest absolute Gasteiger partial charge is 0.462 e. The van der Waals surface area contributed by atoms with Crippen LogP contribution in [0.1, 0.15) is 33.4 Å². The Balaban J connectivity index is 1.64. The molecule has 3 aromatic rings. The van der Waals surface area contributed by atoms with Crippen molar-refractivity contribution in [3.05, 3.63) is 82.6 Å². The minimum absolute atomic E-state index is 0.328. The molecule has 0 unspecified atom stereocenters. The Morgan fingerprint density at radius 3 is 2.57 bits per heavy atom. The number of furan rings is 1. The van der Waals surface area contributed by atoms with E-state index < -0.39 is 5.91 Å². The third-order valence-corrected chi connectivity index (χ3v) is 4.11. The van der Waals surface area contributed by atoms with Gasteiger partial charge in [-0.2, -0.15) is 5.10 Å². The fraction of sp³-hybridized carbons (Fsp3) is 0.0952. The van der Waals surface area contributed by atoms with Gasteiger partial charge in [-0.05, 0) is 43.3 Å². The molecular formula is C21H17ClN2O4. The normalized spacial score (nSPS) is 10.8. The molecule has 1 aromatic heterocycles. The van der Waals surface area contributed by atoms with Gasteiger partial charge < -0.3 is 9.15 Å². The third kappa shape index (κ3) is 4.66. The van der Waals surface area contributed by atoms with Crippen molar-refractivity contribution in [1.29, 1.82) is 0 Å². The van der Waals surface area contributed by atoms with E-state index >= 15 is 0 Å². The third-order valence-electron chi connectivity index (χ3n) is 3.78. The quantitative estimate of drug-likeness (QED) is 0.377. The van der Waals surface area contributed by atoms with Crippen LogP contribution in [-0.2, 0) is 4.74 Å². The van der Waals surface area contributed by atoms with Gasteiger partial charge in [0, 0.05) is 5.56 Å². The fourth-order valence-electron chi connectivity index (χ4n) is 2.42. The molecule has 0 aliphatic rings. The van der Waals surface area contributed by atoms with Gasteiger partial charge in [0.15, 0.2) is 0 Å². The highest BCUT2D eigenvalue weighted by atomic mass is 35.5. The first-order valence-corrected chi connectivity index (χ1v) is 8.91. The van der Waals surface area contributed by atoms with Crippen LogP contribution < -0.4 is 5.43 Å². The molecule has 3 rings (SSSR count). The van der Waals surface area contributed by atoms with Gasteiger partial charge >= 0.3 is 5.97 Å². The zero-order chi connectivity index (χ0) is 19.9. The van der Waals surface area contributed by atoms with Gasteiger partial charge in [0.1, 0.15) is 11.5 Å². The molecule has 0 saturated heterocycles. The highest BCUT2D eigenvalue weighted by molar-refractivity contribution is 6.33. The molecule has 1 N–H and O–H groups in total. The molecule has 28 heavy (non-hydrogen) atoms. The standard InChI is InChI=1S/C21H17ClN2O4/c1-2-27-21(26)15-9-7-14(8-10-15)19-12-11-16(28-19)13-23-24-20(25)17-5-3-4-6-18(17)22/h3-13H,2H2,1H3,(H,24,25)/b23-13+. The Kier molecular flexibility index (Phi) is 6.24. The highest BCUT2D eigenvalue weighted by Crippen LogP contribution is 2.22. The number of carbonyl (C=O) groups excluding carboxylic acids is 2. The summed E-state index contributed by atoms with van der Waals surface area (Å²) >= 11 is 5.97. The van der Waals surface area contributed by atoms with Crippen LogP contribution in [0, 0.1) is 0 Å². The van der Waals surface area contributed by atoms with Gasteiger partial charge in [-0.15, -0.1) is 0 Å². The molecule has 6 nitrogen and oxygen atoms in total. The number of halogens is 1. The Morgan fingerprint density at radius 2 is 1.86 bits per heavy atom. The Hall–Kier alpha value is -3.38. The van der Waals surface area contributed by atoms with Crippen molar-refractivity contribution in [2.24, 2.45) is 5.10 Å². The first kappa shape index (κ1) is 19.4. The molecule has 0 fully saturated rings. The number of ether oxygens (including phenoxy) is 1. The number of rotatable bonds is 6. The number of esters is 1. The summed E-state index contributed by atoms with van der Waals surface area (Å²) in [6, 6.07) is 17.1. The SMILES string of the molecule is CCOC(=O)c1ccc(-c2ccc(/C=N/NC(=O)c3ccccc3Cl)o2)cc1. The lowest BCUT2D eigenvalue weighted by atomic mass is 10.1. The van der Waals surface area contributed by atoms with E-state index in [0.717, 1.165) is 5.56 Å². The van der Waals surface area contributed by atoms with Crippen molar-refractivity contribution < 1.29 is 18.7 Å². The van der Waals surface area contributed by atoms with E-state index in [1.54, 1.807) is 67.6 Å². The number of hydrogen-bond donors (Lipinski definition) is 1. The molecule has 0 radical (unpaired) electrons. The lowest BCUT2D eigenvalue weighted by molar-refractivity contribution is 0.0526. The molecule has 0 saturated carbocycles. The lowest BCUT2D eigenvalue weighted by Crippen LogP contribution is -2.17. The van der Waals surface area contributed by atoms with Gasteiger partial charge in [-0.1, -0.05) is 35.9 Å². The average Bonchev–Trinajstić information content (AvgIpc) is 3.17. The molecular weight excluding hydrogens is 380 g/mol. The summed E-state index contributed by atoms with van der Waals surface area (Å²) in [5.41, 5.74) is 4.01. The van der Waals surface area contributed by atoms with Crippen molar-refractivity contribution in [3.8, 4) is 11.3 Å². The molecule has 0 atom stereocenters. The summed E-state index contributed by atoms with van der Waals surface area (Å²) in [6.45, 7) is 2.09. The molecule has 142 valence electrons. The van der Waals surface area contributed by atoms with Gasteiger partial charge in [0.25, 0.3) is 5.91 Å². The van der Waals surface area contributed by atoms with E-state index in [2.05, 4.69) is 10.5 Å². The lowest BCUT2D eigenvalue weighted by Gasteiger charge is -2.02. The summed E-state index contributed by atoms with van der Waals surface area (Å²) < 4.78 is 10.6. The van der Waals surface area contributed by atoms with Crippen LogP contribution in [0.25, 0.3) is 11.3 Å². The van der Waals surface area contributed by atoms with Crippen molar-refractivity contribution >= 4 is 29.7 Å². The van der Waals surface area contributed by atoms with Crippen molar-refractivity contribution in [1.82, 2.24) is 5.43 Å². The number of carbonyl (C=O) groups is 2. The molecule has 1 amide bonds. The number of amides is 1. The summed E-state index contributed by atoms with van der Waals surface area (Å²) in [5, 5.41) is 4.23. The fourth-order valence-corrected chi connectivity index (χ4v) is 2.64. The second-order valence-electron chi connectivity index (χ2n) is 5.68. The van der Waals surface area contributed by atoms with Crippen LogP contribution in [0.4, 0.5) is 0 Å². The predicted octanol–water partition coefficient (Wildman–Crippen LogP) is 4.54. The van der Waals surface area contributed by atoms with E-state index in [4.69, 9.17) is 20.8 Å². The van der Waals surface area contributed by atoms with E-state index in [-0.39, 0.29) is 5.97 Å². The van der Waals surface area contributed by atoms with Crippen LogP contribution in [0.5, 0.6) is 0 Å². The Bertz CT molecular complexity index is 1010. The van der Waals surface area contributed by atoms with Crippen molar-refractivity contribution in [2.45, 2.75) is 6.92 Å². The van der Waals surface area contributed by atoms with Gasteiger partial charge in [-0.3, -0.25) is 4.79 Å². The monoisotopic (exact) mass is 396 g/mol. The Labute approximate surface area is 166 Å². The summed E-state index contributed by atoms with van der Waals surface area (Å²) in [5.74, 6) is 0.289. The molecule has 7 heteroatoms. The zero-order valence-electron chi connectivity index (χ0n) is 15.0. The van der Waals surface area contributed by atoms with Crippen LogP contribution in [0.15, 0.2) is 70.2 Å². The van der Waals surface area contributed by atoms with E-state index in [0.29, 0.717) is 34.3 Å². The van der Waals surface area contributed by atoms with Crippen LogP contribution in [0.3, 0.4) is 0 Å². The second kappa shape index (κ2) is 9.01. The molecule has 2 aromatic carbocycles. The van der Waals surface area contributed by atoms with Crippen molar-refractivity contribution in [3.63, 3.8) is 0 Å². The number of hydrogen-bond acceptors (Lipinski definition) is 5. The zero-order valence-corrected chi connectivity index (χ0v) is 15.8. The van der Waals surface area contributed by atoms with E-state index in [9.17, 15) is 9.59 Å². The number of nitrogens with one attached hydrogen (secondary N) is 1. The maximum Gasteiger partial charge on any atom is 0.338 e. The maximum absolute atomic E-state index is 12.0. The molecule has 0 bridgehead atoms. The molecule has 1 heterocycles. The predicted molar refractivity (Wildman–Crippen MR) is 107 cm³/mol. The average molecular weight is 397 g/mol. The number of benzene rings is 2. The van der Waals surface area contributed by atoms with Crippen LogP contribution in [-0.4, -0.2) is 24.7 Å². The smallest absolute Gasteiger partial charge is 0.338 e. The van der Waals surface area contributed by atoms with Crippen molar-refractivity contribution in [2.75, 3.05) is 6.61 Å². The first-order valence-electron chi connectivity index (χ1n) is 8.54. The van der Waals surface area contributed by atoms with E-state index in [1.807, 2.05) is 0 Å². The van der Waals surface area contributed by atoms with Gasteiger partial charge in [0.05, 0.1) is 29.0 Å². The molecule has 0 aliphatic carbocycles. The topological polar surface area (TPSA) is 80.9 Å². The van der Waals surface area contributed by atoms with Crippen LogP contribution >= 0.6 is 11.6 Å².